The minimum atomic E-state index is -2.60. The number of aliphatic carboxylic acids is 1. The second-order valence-electron chi connectivity index (χ2n) is 5.82. The van der Waals surface area contributed by atoms with Crippen LogP contribution in [0.15, 0.2) is 24.3 Å². The molecule has 1 aliphatic carbocycles. The number of carboxylic acid groups (broad SMARTS) is 1. The highest BCUT2D eigenvalue weighted by molar-refractivity contribution is 6.26. The molecule has 8 nitrogen and oxygen atoms in total. The summed E-state index contributed by atoms with van der Waals surface area (Å²) in [4.78, 5) is 49.2. The van der Waals surface area contributed by atoms with E-state index in [1.165, 1.54) is 24.3 Å². The van der Waals surface area contributed by atoms with E-state index in [-0.39, 0.29) is 11.1 Å². The van der Waals surface area contributed by atoms with Crippen molar-refractivity contribution in [3.63, 3.8) is 0 Å². The Balaban J connectivity index is 2.09. The maximum atomic E-state index is 13.0. The molecule has 2 heterocycles. The number of benzene rings is 1. The van der Waals surface area contributed by atoms with Gasteiger partial charge in [-0.15, -0.1) is 0 Å². The van der Waals surface area contributed by atoms with Crippen molar-refractivity contribution in [1.29, 1.82) is 0 Å². The van der Waals surface area contributed by atoms with Gasteiger partial charge in [-0.1, -0.05) is 24.3 Å². The van der Waals surface area contributed by atoms with Crippen molar-refractivity contribution >= 4 is 23.5 Å². The largest absolute Gasteiger partial charge is 0.479 e. The van der Waals surface area contributed by atoms with Crippen LogP contribution < -0.4 is 0 Å². The third-order valence-corrected chi connectivity index (χ3v) is 4.80. The summed E-state index contributed by atoms with van der Waals surface area (Å²) in [5.41, 5.74) is -7.75. The molecular weight excluding hydrogens is 308 g/mol. The fraction of sp³-hybridized carbons (Fsp3) is 0.333. The summed E-state index contributed by atoms with van der Waals surface area (Å²) in [6.07, 6.45) is -0.758. The summed E-state index contributed by atoms with van der Waals surface area (Å²) in [7, 11) is 0. The molecule has 118 valence electrons. The number of rotatable bonds is 1. The van der Waals surface area contributed by atoms with E-state index < -0.39 is 53.3 Å². The molecule has 0 amide bonds. The number of hydrogen-bond acceptors (Lipinski definition) is 7. The van der Waals surface area contributed by atoms with Crippen molar-refractivity contribution in [3.8, 4) is 0 Å². The van der Waals surface area contributed by atoms with Crippen LogP contribution in [-0.2, 0) is 19.1 Å². The summed E-state index contributed by atoms with van der Waals surface area (Å²) in [5, 5.41) is 20.4. The van der Waals surface area contributed by atoms with Crippen LogP contribution >= 0.6 is 0 Å². The van der Waals surface area contributed by atoms with Gasteiger partial charge in [-0.3, -0.25) is 14.4 Å². The summed E-state index contributed by atoms with van der Waals surface area (Å²) >= 11 is 0. The smallest absolute Gasteiger partial charge is 0.341 e. The van der Waals surface area contributed by atoms with E-state index in [1.54, 1.807) is 0 Å². The van der Waals surface area contributed by atoms with E-state index >= 15 is 0 Å². The molecule has 4 rings (SSSR count). The van der Waals surface area contributed by atoms with Crippen molar-refractivity contribution in [2.24, 2.45) is 0 Å². The maximum absolute atomic E-state index is 13.0. The van der Waals surface area contributed by atoms with Crippen molar-refractivity contribution < 1.29 is 38.9 Å². The fourth-order valence-electron chi connectivity index (χ4n) is 3.74. The quantitative estimate of drug-likeness (QED) is 0.653. The second kappa shape index (κ2) is 3.84. The van der Waals surface area contributed by atoms with Crippen molar-refractivity contribution in [2.75, 3.05) is 6.61 Å². The standard InChI is InChI=1S/C15H10O8/c16-9-5-14(12(19)20)15(23-9)11(18)8-4-2-1-3-7(8)10(17)13(15,21)6-22-14/h1-4,21H,5-6H2,(H,19,20)/t13-,14+,15-/m0/s1. The lowest BCUT2D eigenvalue weighted by atomic mass is 9.62. The Hall–Kier alpha value is -2.58. The van der Waals surface area contributed by atoms with E-state index in [9.17, 15) is 29.4 Å². The number of Topliss-reactive ketones (excluding diaryl/α,β-unsaturated/α-hetero) is 2. The first-order valence-electron chi connectivity index (χ1n) is 6.80. The first kappa shape index (κ1) is 14.0. The van der Waals surface area contributed by atoms with E-state index in [4.69, 9.17) is 9.47 Å². The van der Waals surface area contributed by atoms with Gasteiger partial charge in [0, 0.05) is 11.1 Å². The number of ether oxygens (including phenoxy) is 2. The van der Waals surface area contributed by atoms with E-state index in [0.29, 0.717) is 0 Å². The first-order chi connectivity index (χ1) is 10.8. The minimum Gasteiger partial charge on any atom is -0.479 e. The van der Waals surface area contributed by atoms with Crippen LogP contribution in [0.2, 0.25) is 0 Å². The Morgan fingerprint density at radius 3 is 2.30 bits per heavy atom. The molecule has 2 saturated heterocycles. The summed E-state index contributed by atoms with van der Waals surface area (Å²) in [6, 6.07) is 5.66. The summed E-state index contributed by atoms with van der Waals surface area (Å²) < 4.78 is 10.2. The lowest BCUT2D eigenvalue weighted by molar-refractivity contribution is -0.173. The zero-order chi connectivity index (χ0) is 16.6. The molecule has 3 aliphatic rings. The van der Waals surface area contributed by atoms with Gasteiger partial charge in [0.15, 0.2) is 0 Å². The van der Waals surface area contributed by atoms with Gasteiger partial charge < -0.3 is 19.7 Å². The SMILES string of the molecule is O=C1C[C@]2(C(=O)O)OC[C@]3(O)C(=O)c4ccccc4C(=O)[C@]32O1. The lowest BCUT2D eigenvalue weighted by Gasteiger charge is -2.42. The van der Waals surface area contributed by atoms with Crippen molar-refractivity contribution in [3.05, 3.63) is 35.4 Å². The third-order valence-electron chi connectivity index (χ3n) is 4.80. The first-order valence-corrected chi connectivity index (χ1v) is 6.80. The van der Waals surface area contributed by atoms with Crippen LogP contribution in [0.3, 0.4) is 0 Å². The van der Waals surface area contributed by atoms with E-state index in [2.05, 4.69) is 0 Å². The second-order valence-corrected chi connectivity index (χ2v) is 5.82. The molecular formula is C15H10O8. The number of hydrogen-bond donors (Lipinski definition) is 2. The molecule has 1 aromatic carbocycles. The Morgan fingerprint density at radius 2 is 1.70 bits per heavy atom. The molecule has 0 bridgehead atoms. The Morgan fingerprint density at radius 1 is 1.09 bits per heavy atom. The van der Waals surface area contributed by atoms with Crippen LogP contribution in [-0.4, -0.2) is 57.1 Å². The number of aliphatic hydroxyl groups is 1. The van der Waals surface area contributed by atoms with E-state index in [1.807, 2.05) is 0 Å². The molecule has 2 N–H and O–H groups in total. The van der Waals surface area contributed by atoms with Gasteiger partial charge >= 0.3 is 11.9 Å². The molecule has 0 radical (unpaired) electrons. The average Bonchev–Trinajstić information content (AvgIpc) is 2.97. The van der Waals surface area contributed by atoms with Gasteiger partial charge in [-0.05, 0) is 0 Å². The van der Waals surface area contributed by atoms with Gasteiger partial charge in [-0.2, -0.15) is 0 Å². The maximum Gasteiger partial charge on any atom is 0.341 e. The fourth-order valence-corrected chi connectivity index (χ4v) is 3.74. The van der Waals surface area contributed by atoms with Crippen LogP contribution in [0.4, 0.5) is 0 Å². The number of esters is 1. The van der Waals surface area contributed by atoms with Crippen LogP contribution in [0.5, 0.6) is 0 Å². The monoisotopic (exact) mass is 318 g/mol. The van der Waals surface area contributed by atoms with Crippen molar-refractivity contribution in [1.82, 2.24) is 0 Å². The summed E-state index contributed by atoms with van der Waals surface area (Å²) in [6.45, 7) is -0.745. The Bertz CT molecular complexity index is 813. The Kier molecular flexibility index (Phi) is 2.34. The van der Waals surface area contributed by atoms with Gasteiger partial charge in [0.2, 0.25) is 22.8 Å². The average molecular weight is 318 g/mol. The summed E-state index contributed by atoms with van der Waals surface area (Å²) in [5.74, 6) is -4.50. The molecule has 1 aromatic rings. The normalized spacial score (nSPS) is 37.9. The van der Waals surface area contributed by atoms with Gasteiger partial charge in [0.25, 0.3) is 5.60 Å². The molecule has 8 heteroatoms. The number of ketones is 2. The van der Waals surface area contributed by atoms with Crippen LogP contribution in [0, 0.1) is 0 Å². The number of carbonyl (C=O) groups excluding carboxylic acids is 3. The number of carbonyl (C=O) groups is 4. The zero-order valence-corrected chi connectivity index (χ0v) is 11.6. The van der Waals surface area contributed by atoms with Crippen LogP contribution in [0.25, 0.3) is 0 Å². The molecule has 1 spiro atoms. The minimum absolute atomic E-state index is 0.0571. The third kappa shape index (κ3) is 1.22. The topological polar surface area (TPSA) is 127 Å². The molecule has 0 saturated carbocycles. The zero-order valence-electron chi connectivity index (χ0n) is 11.6. The Labute approximate surface area is 128 Å². The molecule has 0 unspecified atom stereocenters. The molecule has 0 aromatic heterocycles. The number of fused-ring (bicyclic) bond motifs is 1. The van der Waals surface area contributed by atoms with Gasteiger partial charge in [0.05, 0.1) is 13.0 Å². The van der Waals surface area contributed by atoms with E-state index in [0.717, 1.165) is 0 Å². The molecule has 23 heavy (non-hydrogen) atoms. The van der Waals surface area contributed by atoms with Gasteiger partial charge in [-0.25, -0.2) is 4.79 Å². The molecule has 2 aliphatic heterocycles. The molecule has 3 atom stereocenters. The highest BCUT2D eigenvalue weighted by Crippen LogP contribution is 2.56. The lowest BCUT2D eigenvalue weighted by Crippen LogP contribution is -2.72. The predicted molar refractivity (Wildman–Crippen MR) is 69.8 cm³/mol. The predicted octanol–water partition coefficient (Wildman–Crippen LogP) is -0.664. The van der Waals surface area contributed by atoms with Crippen molar-refractivity contribution in [2.45, 2.75) is 23.2 Å². The van der Waals surface area contributed by atoms with Crippen LogP contribution in [0.1, 0.15) is 27.1 Å². The highest BCUT2D eigenvalue weighted by Gasteiger charge is 2.86. The highest BCUT2D eigenvalue weighted by atomic mass is 16.6. The van der Waals surface area contributed by atoms with Gasteiger partial charge in [0.1, 0.15) is 0 Å². The molecule has 2 fully saturated rings. The number of carboxylic acids is 1.